The average Bonchev–Trinajstić information content (AvgIpc) is 2.54. The van der Waals surface area contributed by atoms with Crippen molar-refractivity contribution in [3.8, 4) is 5.75 Å². The van der Waals surface area contributed by atoms with Gasteiger partial charge in [0.15, 0.2) is 0 Å². The molecule has 0 saturated carbocycles. The Morgan fingerprint density at radius 3 is 2.29 bits per heavy atom. The number of hydrogen-bond acceptors (Lipinski definition) is 3. The second-order valence-electron chi connectivity index (χ2n) is 5.55. The molecule has 0 aliphatic rings. The Kier molecular flexibility index (Phi) is 6.52. The molecule has 0 atom stereocenters. The molecule has 0 amide bonds. The molecule has 0 heterocycles. The largest absolute Gasteiger partial charge is 0.492 e. The molecule has 2 aromatic rings. The lowest BCUT2D eigenvalue weighted by Gasteiger charge is -2.10. The van der Waals surface area contributed by atoms with Gasteiger partial charge in [-0.15, -0.1) is 0 Å². The Labute approximate surface area is 152 Å². The minimum Gasteiger partial charge on any atom is -0.492 e. The number of ether oxygens (including phenoxy) is 1. The maximum atomic E-state index is 12.2. The second kappa shape index (κ2) is 8.21. The monoisotopic (exact) mass is 387 g/mol. The lowest BCUT2D eigenvalue weighted by atomic mass is 10.0. The Balaban J connectivity index is 1.87. The quantitative estimate of drug-likeness (QED) is 0.712. The van der Waals surface area contributed by atoms with Gasteiger partial charge in [-0.05, 0) is 41.8 Å². The van der Waals surface area contributed by atoms with Crippen molar-refractivity contribution in [2.75, 3.05) is 13.2 Å². The molecular formula is C17H19Cl2NO3S. The van der Waals surface area contributed by atoms with Crippen molar-refractivity contribution in [3.63, 3.8) is 0 Å². The second-order valence-corrected chi connectivity index (χ2v) is 8.13. The first kappa shape index (κ1) is 19.1. The van der Waals surface area contributed by atoms with E-state index in [-0.39, 0.29) is 23.1 Å². The van der Waals surface area contributed by atoms with Crippen molar-refractivity contribution in [3.05, 3.63) is 58.1 Å². The molecule has 4 nitrogen and oxygen atoms in total. The molecule has 1 N–H and O–H groups in total. The Morgan fingerprint density at radius 1 is 1.04 bits per heavy atom. The SMILES string of the molecule is CC(C)c1ccc(OCCNS(=O)(=O)c2ccc(Cl)c(Cl)c2)cc1. The fourth-order valence-electron chi connectivity index (χ4n) is 2.02. The summed E-state index contributed by atoms with van der Waals surface area (Å²) in [5.41, 5.74) is 1.22. The van der Waals surface area contributed by atoms with Crippen molar-refractivity contribution in [1.82, 2.24) is 4.72 Å². The summed E-state index contributed by atoms with van der Waals surface area (Å²) in [5, 5.41) is 0.504. The first-order valence-electron chi connectivity index (χ1n) is 7.47. The van der Waals surface area contributed by atoms with Crippen LogP contribution in [0.15, 0.2) is 47.4 Å². The molecule has 130 valence electrons. The van der Waals surface area contributed by atoms with Gasteiger partial charge < -0.3 is 4.74 Å². The first-order valence-corrected chi connectivity index (χ1v) is 9.71. The lowest BCUT2D eigenvalue weighted by molar-refractivity contribution is 0.322. The number of halogens is 2. The third-order valence-corrected chi connectivity index (χ3v) is 5.61. The molecule has 0 unspecified atom stereocenters. The normalized spacial score (nSPS) is 11.7. The topological polar surface area (TPSA) is 55.4 Å². The molecule has 0 saturated heterocycles. The van der Waals surface area contributed by atoms with Crippen LogP contribution in [0.25, 0.3) is 0 Å². The van der Waals surface area contributed by atoms with E-state index < -0.39 is 10.0 Å². The fourth-order valence-corrected chi connectivity index (χ4v) is 3.42. The van der Waals surface area contributed by atoms with Crippen LogP contribution in [-0.4, -0.2) is 21.6 Å². The van der Waals surface area contributed by atoms with Gasteiger partial charge >= 0.3 is 0 Å². The van der Waals surface area contributed by atoms with Crippen LogP contribution >= 0.6 is 23.2 Å². The summed E-state index contributed by atoms with van der Waals surface area (Å²) in [6.45, 7) is 4.61. The number of rotatable bonds is 7. The predicted molar refractivity (Wildman–Crippen MR) is 97.7 cm³/mol. The highest BCUT2D eigenvalue weighted by molar-refractivity contribution is 7.89. The van der Waals surface area contributed by atoms with Crippen molar-refractivity contribution < 1.29 is 13.2 Å². The van der Waals surface area contributed by atoms with Crippen LogP contribution in [0, 0.1) is 0 Å². The van der Waals surface area contributed by atoms with E-state index in [1.54, 1.807) is 0 Å². The first-order chi connectivity index (χ1) is 11.3. The minimum atomic E-state index is -3.65. The van der Waals surface area contributed by atoms with Gasteiger partial charge in [0, 0.05) is 6.54 Å². The van der Waals surface area contributed by atoms with Gasteiger partial charge in [0.1, 0.15) is 12.4 Å². The molecule has 24 heavy (non-hydrogen) atoms. The molecule has 0 aliphatic heterocycles. The van der Waals surface area contributed by atoms with Crippen molar-refractivity contribution >= 4 is 33.2 Å². The molecule has 2 aromatic carbocycles. The molecular weight excluding hydrogens is 369 g/mol. The Morgan fingerprint density at radius 2 is 1.71 bits per heavy atom. The summed E-state index contributed by atoms with van der Waals surface area (Å²) in [7, 11) is -3.65. The lowest BCUT2D eigenvalue weighted by Crippen LogP contribution is -2.28. The number of nitrogens with one attached hydrogen (secondary N) is 1. The van der Waals surface area contributed by atoms with E-state index in [0.717, 1.165) is 0 Å². The number of sulfonamides is 1. The molecule has 0 aliphatic carbocycles. The number of benzene rings is 2. The van der Waals surface area contributed by atoms with E-state index in [1.165, 1.54) is 23.8 Å². The molecule has 0 aromatic heterocycles. The standard InChI is InChI=1S/C17H19Cl2NO3S/c1-12(2)13-3-5-14(6-4-13)23-10-9-20-24(21,22)15-7-8-16(18)17(19)11-15/h3-8,11-12,20H,9-10H2,1-2H3. The van der Waals surface area contributed by atoms with Crippen LogP contribution in [0.5, 0.6) is 5.75 Å². The molecule has 0 spiro atoms. The van der Waals surface area contributed by atoms with Gasteiger partial charge in [-0.3, -0.25) is 0 Å². The molecule has 7 heteroatoms. The zero-order chi connectivity index (χ0) is 17.7. The summed E-state index contributed by atoms with van der Waals surface area (Å²) in [4.78, 5) is 0.0678. The van der Waals surface area contributed by atoms with Gasteiger partial charge in [0.05, 0.1) is 14.9 Å². The zero-order valence-electron chi connectivity index (χ0n) is 13.4. The van der Waals surface area contributed by atoms with Crippen molar-refractivity contribution in [2.45, 2.75) is 24.7 Å². The summed E-state index contributed by atoms with van der Waals surface area (Å²) in [6, 6.07) is 11.9. The third kappa shape index (κ3) is 5.11. The van der Waals surface area contributed by atoms with Crippen LogP contribution in [0.3, 0.4) is 0 Å². The summed E-state index contributed by atoms with van der Waals surface area (Å²) >= 11 is 11.6. The van der Waals surface area contributed by atoms with E-state index in [1.807, 2.05) is 24.3 Å². The van der Waals surface area contributed by atoms with Crippen LogP contribution in [0.4, 0.5) is 0 Å². The van der Waals surface area contributed by atoms with Crippen LogP contribution < -0.4 is 9.46 Å². The van der Waals surface area contributed by atoms with Crippen LogP contribution in [0.2, 0.25) is 10.0 Å². The Hall–Kier alpha value is -1.27. The predicted octanol–water partition coefficient (Wildman–Crippen LogP) is 4.47. The van der Waals surface area contributed by atoms with Gasteiger partial charge in [-0.1, -0.05) is 49.2 Å². The average molecular weight is 388 g/mol. The summed E-state index contributed by atoms with van der Waals surface area (Å²) < 4.78 is 32.3. The van der Waals surface area contributed by atoms with E-state index in [9.17, 15) is 8.42 Å². The van der Waals surface area contributed by atoms with Crippen molar-refractivity contribution in [1.29, 1.82) is 0 Å². The van der Waals surface area contributed by atoms with E-state index in [0.29, 0.717) is 16.7 Å². The zero-order valence-corrected chi connectivity index (χ0v) is 15.8. The van der Waals surface area contributed by atoms with Gasteiger partial charge in [-0.25, -0.2) is 13.1 Å². The van der Waals surface area contributed by atoms with E-state index >= 15 is 0 Å². The third-order valence-electron chi connectivity index (χ3n) is 3.41. The van der Waals surface area contributed by atoms with Gasteiger partial charge in [0.25, 0.3) is 0 Å². The molecule has 2 rings (SSSR count). The maximum absolute atomic E-state index is 12.2. The minimum absolute atomic E-state index is 0.0678. The highest BCUT2D eigenvalue weighted by Gasteiger charge is 2.14. The van der Waals surface area contributed by atoms with Crippen LogP contribution in [-0.2, 0) is 10.0 Å². The number of hydrogen-bond donors (Lipinski definition) is 1. The van der Waals surface area contributed by atoms with Gasteiger partial charge in [-0.2, -0.15) is 0 Å². The highest BCUT2D eigenvalue weighted by Crippen LogP contribution is 2.24. The molecule has 0 radical (unpaired) electrons. The summed E-state index contributed by atoms with van der Waals surface area (Å²) in [5.74, 6) is 1.16. The van der Waals surface area contributed by atoms with Crippen molar-refractivity contribution in [2.24, 2.45) is 0 Å². The highest BCUT2D eigenvalue weighted by atomic mass is 35.5. The van der Waals surface area contributed by atoms with E-state index in [2.05, 4.69) is 18.6 Å². The maximum Gasteiger partial charge on any atom is 0.240 e. The smallest absolute Gasteiger partial charge is 0.240 e. The van der Waals surface area contributed by atoms with E-state index in [4.69, 9.17) is 27.9 Å². The van der Waals surface area contributed by atoms with Gasteiger partial charge in [0.2, 0.25) is 10.0 Å². The Bertz CT molecular complexity index is 790. The fraction of sp³-hybridized carbons (Fsp3) is 0.294. The summed E-state index contributed by atoms with van der Waals surface area (Å²) in [6.07, 6.45) is 0. The molecule has 0 fully saturated rings. The molecule has 0 bridgehead atoms. The van der Waals surface area contributed by atoms with Crippen LogP contribution in [0.1, 0.15) is 25.3 Å².